The van der Waals surface area contributed by atoms with Gasteiger partial charge in [0.25, 0.3) is 0 Å². The molecular formula is C24H38O3. The van der Waals surface area contributed by atoms with Gasteiger partial charge in [-0.1, -0.05) is 20.8 Å². The summed E-state index contributed by atoms with van der Waals surface area (Å²) in [7, 11) is 0. The summed E-state index contributed by atoms with van der Waals surface area (Å²) in [6.45, 7) is 7.37. The first-order valence-electron chi connectivity index (χ1n) is 11.5. The van der Waals surface area contributed by atoms with E-state index in [0.29, 0.717) is 40.8 Å². The Hall–Kier alpha value is -0.860. The lowest BCUT2D eigenvalue weighted by atomic mass is 9.44. The second-order valence-electron chi connectivity index (χ2n) is 11.0. The normalized spacial score (nSPS) is 47.7. The van der Waals surface area contributed by atoms with Gasteiger partial charge < -0.3 is 5.11 Å². The zero-order valence-electron chi connectivity index (χ0n) is 17.5. The highest BCUT2D eigenvalue weighted by Crippen LogP contribution is 2.68. The van der Waals surface area contributed by atoms with E-state index in [9.17, 15) is 9.59 Å². The Morgan fingerprint density at radius 1 is 1.07 bits per heavy atom. The molecule has 8 atom stereocenters. The molecule has 0 amide bonds. The van der Waals surface area contributed by atoms with E-state index in [1.165, 1.54) is 38.5 Å². The Kier molecular flexibility index (Phi) is 4.96. The molecule has 0 aromatic carbocycles. The first kappa shape index (κ1) is 19.5. The van der Waals surface area contributed by atoms with Gasteiger partial charge in [-0.05, 0) is 97.7 Å². The van der Waals surface area contributed by atoms with E-state index in [4.69, 9.17) is 5.11 Å². The van der Waals surface area contributed by atoms with Crippen LogP contribution in [0.15, 0.2) is 0 Å². The molecule has 0 saturated heterocycles. The molecule has 0 bridgehead atoms. The van der Waals surface area contributed by atoms with Crippen molar-refractivity contribution >= 4 is 11.8 Å². The summed E-state index contributed by atoms with van der Waals surface area (Å²) in [4.78, 5) is 23.1. The molecule has 27 heavy (non-hydrogen) atoms. The molecular weight excluding hydrogens is 336 g/mol. The number of carboxylic acid groups (broad SMARTS) is 1. The molecule has 4 fully saturated rings. The van der Waals surface area contributed by atoms with Crippen molar-refractivity contribution < 1.29 is 14.7 Å². The van der Waals surface area contributed by atoms with Gasteiger partial charge in [0.15, 0.2) is 0 Å². The predicted molar refractivity (Wildman–Crippen MR) is 106 cm³/mol. The van der Waals surface area contributed by atoms with Crippen LogP contribution in [-0.4, -0.2) is 16.9 Å². The number of hydrogen-bond acceptors (Lipinski definition) is 2. The smallest absolute Gasteiger partial charge is 0.303 e. The van der Waals surface area contributed by atoms with Crippen LogP contribution in [0.3, 0.4) is 0 Å². The largest absolute Gasteiger partial charge is 0.481 e. The molecule has 4 saturated carbocycles. The van der Waals surface area contributed by atoms with Crippen molar-refractivity contribution in [3.8, 4) is 0 Å². The number of carbonyl (C=O) groups excluding carboxylic acids is 1. The van der Waals surface area contributed by atoms with Gasteiger partial charge in [0.05, 0.1) is 0 Å². The van der Waals surface area contributed by atoms with E-state index in [1.54, 1.807) is 0 Å². The second kappa shape index (κ2) is 6.88. The lowest BCUT2D eigenvalue weighted by molar-refractivity contribution is -0.140. The van der Waals surface area contributed by atoms with Gasteiger partial charge in [-0.2, -0.15) is 0 Å². The van der Waals surface area contributed by atoms with Crippen molar-refractivity contribution in [2.45, 2.75) is 91.4 Å². The SMILES string of the molecule is C[C@@H](CCC(=O)O)[C@H]1CC[C@@H]2[C@@H]3CC[C@@H]4CC(=O)CC[C@]4(C)[C@@H]3CC[C@@]21C. The van der Waals surface area contributed by atoms with E-state index in [2.05, 4.69) is 20.8 Å². The van der Waals surface area contributed by atoms with Crippen LogP contribution in [0.25, 0.3) is 0 Å². The van der Waals surface area contributed by atoms with Gasteiger partial charge in [0.1, 0.15) is 5.78 Å². The van der Waals surface area contributed by atoms with Crippen molar-refractivity contribution in [2.24, 2.45) is 46.3 Å². The molecule has 0 aromatic heterocycles. The monoisotopic (exact) mass is 374 g/mol. The van der Waals surface area contributed by atoms with E-state index in [1.807, 2.05) is 0 Å². The van der Waals surface area contributed by atoms with Crippen LogP contribution in [0.5, 0.6) is 0 Å². The zero-order valence-corrected chi connectivity index (χ0v) is 17.5. The number of ketones is 1. The van der Waals surface area contributed by atoms with Crippen LogP contribution < -0.4 is 0 Å². The van der Waals surface area contributed by atoms with E-state index < -0.39 is 5.97 Å². The minimum atomic E-state index is -0.650. The lowest BCUT2D eigenvalue weighted by Crippen LogP contribution is -2.53. The molecule has 152 valence electrons. The van der Waals surface area contributed by atoms with Crippen molar-refractivity contribution in [1.29, 1.82) is 0 Å². The molecule has 0 aliphatic heterocycles. The fourth-order valence-corrected chi connectivity index (χ4v) is 8.57. The predicted octanol–water partition coefficient (Wildman–Crippen LogP) is 5.72. The highest BCUT2D eigenvalue weighted by molar-refractivity contribution is 5.79. The van der Waals surface area contributed by atoms with Gasteiger partial charge in [0, 0.05) is 19.3 Å². The average Bonchev–Trinajstić information content (AvgIpc) is 2.97. The third-order valence-corrected chi connectivity index (χ3v) is 10.1. The number of hydrogen-bond donors (Lipinski definition) is 1. The number of fused-ring (bicyclic) bond motifs is 5. The van der Waals surface area contributed by atoms with Crippen LogP contribution in [-0.2, 0) is 9.59 Å². The quantitative estimate of drug-likeness (QED) is 0.685. The summed E-state index contributed by atoms with van der Waals surface area (Å²) in [6.07, 6.45) is 11.8. The maximum Gasteiger partial charge on any atom is 0.303 e. The molecule has 0 unspecified atom stereocenters. The fraction of sp³-hybridized carbons (Fsp3) is 0.917. The van der Waals surface area contributed by atoms with Gasteiger partial charge in [-0.15, -0.1) is 0 Å². The molecule has 4 aliphatic carbocycles. The van der Waals surface area contributed by atoms with Crippen molar-refractivity contribution in [3.63, 3.8) is 0 Å². The number of carboxylic acids is 1. The minimum Gasteiger partial charge on any atom is -0.481 e. The fourth-order valence-electron chi connectivity index (χ4n) is 8.57. The Morgan fingerprint density at radius 2 is 1.81 bits per heavy atom. The zero-order chi connectivity index (χ0) is 19.4. The number of carbonyl (C=O) groups is 2. The molecule has 3 heteroatoms. The molecule has 4 rings (SSSR count). The lowest BCUT2D eigenvalue weighted by Gasteiger charge is -2.60. The molecule has 3 nitrogen and oxygen atoms in total. The van der Waals surface area contributed by atoms with Gasteiger partial charge in [-0.3, -0.25) is 9.59 Å². The van der Waals surface area contributed by atoms with Crippen LogP contribution >= 0.6 is 0 Å². The standard InChI is InChI=1S/C24H38O3/c1-15(4-9-22(26)27)19-7-8-20-18-6-5-16-14-17(25)10-12-23(16,2)21(18)11-13-24(19,20)3/h15-16,18-21H,4-14H2,1-3H3,(H,26,27)/t15-,16+,18-,19+,20+,21+,23-,24+/m0/s1. The Balaban J connectivity index is 1.52. The van der Waals surface area contributed by atoms with E-state index in [0.717, 1.165) is 43.4 Å². The van der Waals surface area contributed by atoms with Crippen LogP contribution in [0.4, 0.5) is 0 Å². The summed E-state index contributed by atoms with van der Waals surface area (Å²) in [5.74, 6) is 4.19. The van der Waals surface area contributed by atoms with Crippen molar-refractivity contribution in [1.82, 2.24) is 0 Å². The molecule has 1 N–H and O–H groups in total. The topological polar surface area (TPSA) is 54.4 Å². The van der Waals surface area contributed by atoms with Crippen LogP contribution in [0.2, 0.25) is 0 Å². The third kappa shape index (κ3) is 3.08. The Bertz CT molecular complexity index is 613. The van der Waals surface area contributed by atoms with Crippen molar-refractivity contribution in [2.75, 3.05) is 0 Å². The summed E-state index contributed by atoms with van der Waals surface area (Å²) in [5, 5.41) is 9.09. The summed E-state index contributed by atoms with van der Waals surface area (Å²) >= 11 is 0. The van der Waals surface area contributed by atoms with E-state index in [-0.39, 0.29) is 0 Å². The van der Waals surface area contributed by atoms with Crippen LogP contribution in [0, 0.1) is 46.3 Å². The molecule has 4 aliphatic rings. The molecule has 0 spiro atoms. The van der Waals surface area contributed by atoms with Gasteiger partial charge >= 0.3 is 5.97 Å². The third-order valence-electron chi connectivity index (χ3n) is 10.1. The van der Waals surface area contributed by atoms with Gasteiger partial charge in [0.2, 0.25) is 0 Å². The first-order chi connectivity index (χ1) is 12.8. The molecule has 0 radical (unpaired) electrons. The summed E-state index contributed by atoms with van der Waals surface area (Å²) in [6, 6.07) is 0. The number of Topliss-reactive ketones (excluding diaryl/α,β-unsaturated/α-hetero) is 1. The van der Waals surface area contributed by atoms with Crippen molar-refractivity contribution in [3.05, 3.63) is 0 Å². The van der Waals surface area contributed by atoms with Gasteiger partial charge in [-0.25, -0.2) is 0 Å². The maximum atomic E-state index is 12.0. The van der Waals surface area contributed by atoms with Crippen LogP contribution in [0.1, 0.15) is 91.4 Å². The summed E-state index contributed by atoms with van der Waals surface area (Å²) in [5.41, 5.74) is 0.804. The maximum absolute atomic E-state index is 12.0. The second-order valence-corrected chi connectivity index (χ2v) is 11.0. The van der Waals surface area contributed by atoms with E-state index >= 15 is 0 Å². The first-order valence-corrected chi connectivity index (χ1v) is 11.5. The molecule has 0 aromatic rings. The Labute approximate surface area is 164 Å². The average molecular weight is 375 g/mol. The highest BCUT2D eigenvalue weighted by Gasteiger charge is 2.60. The Morgan fingerprint density at radius 3 is 2.56 bits per heavy atom. The number of rotatable bonds is 4. The highest BCUT2D eigenvalue weighted by atomic mass is 16.4. The summed E-state index contributed by atoms with van der Waals surface area (Å²) < 4.78 is 0. The minimum absolute atomic E-state index is 0.318. The molecule has 0 heterocycles. The number of aliphatic carboxylic acids is 1.